The first kappa shape index (κ1) is 17.7. The van der Waals surface area contributed by atoms with Gasteiger partial charge in [0.15, 0.2) is 0 Å². The van der Waals surface area contributed by atoms with Gasteiger partial charge in [0.2, 0.25) is 0 Å². The summed E-state index contributed by atoms with van der Waals surface area (Å²) >= 11 is 0. The summed E-state index contributed by atoms with van der Waals surface area (Å²) in [6.45, 7) is 11.1. The van der Waals surface area contributed by atoms with Gasteiger partial charge in [0, 0.05) is 13.1 Å². The molecule has 0 fully saturated rings. The average Bonchev–Trinajstić information content (AvgIpc) is 2.31. The van der Waals surface area contributed by atoms with Crippen LogP contribution in [0.4, 0.5) is 4.79 Å². The number of hydrogen-bond acceptors (Lipinski definition) is 2. The third-order valence-corrected chi connectivity index (χ3v) is 3.76. The maximum Gasteiger partial charge on any atom is 0.314 e. The van der Waals surface area contributed by atoms with E-state index in [9.17, 15) is 9.59 Å². The zero-order valence-electron chi connectivity index (χ0n) is 12.7. The molecule has 0 saturated carbocycles. The zero-order valence-corrected chi connectivity index (χ0v) is 12.7. The number of hydrogen-bond donors (Lipinski definition) is 3. The quantitative estimate of drug-likeness (QED) is 0.635. The van der Waals surface area contributed by atoms with Gasteiger partial charge in [-0.15, -0.1) is 0 Å². The molecule has 0 aliphatic carbocycles. The van der Waals surface area contributed by atoms with E-state index in [-0.39, 0.29) is 18.0 Å². The second-order valence-electron chi connectivity index (χ2n) is 6.03. The maximum atomic E-state index is 11.6. The Hall–Kier alpha value is -1.26. The molecule has 0 bridgehead atoms. The second-order valence-corrected chi connectivity index (χ2v) is 6.03. The van der Waals surface area contributed by atoms with E-state index in [2.05, 4.69) is 38.3 Å². The molecule has 0 heterocycles. The number of rotatable bonds is 8. The highest BCUT2D eigenvalue weighted by Crippen LogP contribution is 2.24. The van der Waals surface area contributed by atoms with Crippen molar-refractivity contribution in [2.24, 2.45) is 17.3 Å². The molecule has 5 heteroatoms. The van der Waals surface area contributed by atoms with Gasteiger partial charge in [-0.1, -0.05) is 41.0 Å². The van der Waals surface area contributed by atoms with Crippen molar-refractivity contribution in [1.29, 1.82) is 0 Å². The van der Waals surface area contributed by atoms with Crippen LogP contribution in [-0.2, 0) is 4.79 Å². The van der Waals surface area contributed by atoms with E-state index < -0.39 is 11.9 Å². The van der Waals surface area contributed by atoms with Gasteiger partial charge in [-0.3, -0.25) is 4.79 Å². The van der Waals surface area contributed by atoms with E-state index in [4.69, 9.17) is 5.11 Å². The third-order valence-electron chi connectivity index (χ3n) is 3.76. The van der Waals surface area contributed by atoms with Crippen LogP contribution in [0.15, 0.2) is 0 Å². The maximum absolute atomic E-state index is 11.6. The molecule has 0 aliphatic heterocycles. The van der Waals surface area contributed by atoms with Crippen molar-refractivity contribution in [3.05, 3.63) is 0 Å². The lowest BCUT2D eigenvalue weighted by molar-refractivity contribution is -0.141. The van der Waals surface area contributed by atoms with Gasteiger partial charge in [-0.25, -0.2) is 4.79 Å². The average molecular weight is 272 g/mol. The minimum absolute atomic E-state index is 0.0208. The zero-order chi connectivity index (χ0) is 15.1. The summed E-state index contributed by atoms with van der Waals surface area (Å²) in [5.74, 6) is -0.904. The first-order chi connectivity index (χ1) is 8.70. The molecule has 0 aliphatic rings. The number of amides is 2. The number of carboxylic acid groups (broad SMARTS) is 1. The molecule has 2 amide bonds. The Morgan fingerprint density at radius 2 is 1.79 bits per heavy atom. The Labute approximate surface area is 116 Å². The Morgan fingerprint density at radius 1 is 1.21 bits per heavy atom. The minimum atomic E-state index is -0.857. The van der Waals surface area contributed by atoms with E-state index in [1.54, 1.807) is 0 Å². The lowest BCUT2D eigenvalue weighted by Crippen LogP contribution is -2.44. The number of carbonyl (C=O) groups excluding carboxylic acids is 1. The summed E-state index contributed by atoms with van der Waals surface area (Å²) in [4.78, 5) is 22.6. The van der Waals surface area contributed by atoms with Crippen LogP contribution in [-0.4, -0.2) is 30.2 Å². The largest absolute Gasteiger partial charge is 0.481 e. The summed E-state index contributed by atoms with van der Waals surface area (Å²) < 4.78 is 0. The predicted molar refractivity (Wildman–Crippen MR) is 76.1 cm³/mol. The van der Waals surface area contributed by atoms with Crippen molar-refractivity contribution in [2.75, 3.05) is 13.1 Å². The molecular weight excluding hydrogens is 244 g/mol. The van der Waals surface area contributed by atoms with Crippen molar-refractivity contribution in [3.8, 4) is 0 Å². The van der Waals surface area contributed by atoms with Crippen LogP contribution >= 0.6 is 0 Å². The first-order valence-corrected chi connectivity index (χ1v) is 6.95. The Morgan fingerprint density at radius 3 is 2.21 bits per heavy atom. The molecule has 5 nitrogen and oxygen atoms in total. The van der Waals surface area contributed by atoms with Gasteiger partial charge in [0.05, 0.1) is 5.92 Å². The van der Waals surface area contributed by atoms with Crippen LogP contribution < -0.4 is 10.6 Å². The topological polar surface area (TPSA) is 78.4 Å². The second kappa shape index (κ2) is 8.02. The standard InChI is InChI=1S/C14H28N2O3/c1-6-7-11(12(17)18)8-15-13(19)16-9-14(4,5)10(2)3/h10-11H,6-9H2,1-5H3,(H,17,18)(H2,15,16,19). The van der Waals surface area contributed by atoms with E-state index in [0.29, 0.717) is 18.9 Å². The fraction of sp³-hybridized carbons (Fsp3) is 0.857. The van der Waals surface area contributed by atoms with Gasteiger partial charge in [-0.05, 0) is 17.8 Å². The molecule has 0 radical (unpaired) electrons. The molecule has 112 valence electrons. The van der Waals surface area contributed by atoms with Crippen LogP contribution in [0.2, 0.25) is 0 Å². The molecule has 0 rings (SSSR count). The first-order valence-electron chi connectivity index (χ1n) is 6.95. The monoisotopic (exact) mass is 272 g/mol. The molecule has 1 unspecified atom stereocenters. The smallest absolute Gasteiger partial charge is 0.314 e. The minimum Gasteiger partial charge on any atom is -0.481 e. The van der Waals surface area contributed by atoms with Gasteiger partial charge in [0.25, 0.3) is 0 Å². The highest BCUT2D eigenvalue weighted by molar-refractivity contribution is 5.75. The fourth-order valence-corrected chi connectivity index (χ4v) is 1.45. The van der Waals surface area contributed by atoms with Crippen molar-refractivity contribution in [2.45, 2.75) is 47.5 Å². The van der Waals surface area contributed by atoms with Crippen molar-refractivity contribution < 1.29 is 14.7 Å². The van der Waals surface area contributed by atoms with Crippen molar-refractivity contribution in [3.63, 3.8) is 0 Å². The lowest BCUT2D eigenvalue weighted by atomic mass is 9.81. The van der Waals surface area contributed by atoms with E-state index in [0.717, 1.165) is 6.42 Å². The molecule has 1 atom stereocenters. The van der Waals surface area contributed by atoms with Gasteiger partial charge < -0.3 is 15.7 Å². The number of carbonyl (C=O) groups is 2. The van der Waals surface area contributed by atoms with E-state index in [1.807, 2.05) is 6.92 Å². The van der Waals surface area contributed by atoms with E-state index in [1.165, 1.54) is 0 Å². The highest BCUT2D eigenvalue weighted by atomic mass is 16.4. The van der Waals surface area contributed by atoms with Gasteiger partial charge in [-0.2, -0.15) is 0 Å². The summed E-state index contributed by atoms with van der Waals surface area (Å²) in [5.41, 5.74) is 0.0208. The molecule has 19 heavy (non-hydrogen) atoms. The predicted octanol–water partition coefficient (Wildman–Crippen LogP) is 2.47. The highest BCUT2D eigenvalue weighted by Gasteiger charge is 2.23. The molecule has 0 spiro atoms. The SMILES string of the molecule is CCCC(CNC(=O)NCC(C)(C)C(C)C)C(=O)O. The normalized spacial score (nSPS) is 13.2. The summed E-state index contributed by atoms with van der Waals surface area (Å²) in [6, 6.07) is -0.295. The number of nitrogens with one attached hydrogen (secondary N) is 2. The Kier molecular flexibility index (Phi) is 7.49. The molecule has 0 aromatic heterocycles. The molecule has 0 aromatic carbocycles. The summed E-state index contributed by atoms with van der Waals surface area (Å²) in [7, 11) is 0. The van der Waals surface area contributed by atoms with Crippen LogP contribution in [0.3, 0.4) is 0 Å². The Balaban J connectivity index is 4.08. The molecule has 0 saturated heterocycles. The number of urea groups is 1. The van der Waals surface area contributed by atoms with Crippen LogP contribution in [0.5, 0.6) is 0 Å². The summed E-state index contributed by atoms with van der Waals surface area (Å²) in [5, 5.41) is 14.4. The van der Waals surface area contributed by atoms with Gasteiger partial charge in [0.1, 0.15) is 0 Å². The third kappa shape index (κ3) is 7.03. The van der Waals surface area contributed by atoms with Crippen molar-refractivity contribution in [1.82, 2.24) is 10.6 Å². The molecular formula is C14H28N2O3. The van der Waals surface area contributed by atoms with Crippen LogP contribution in [0.25, 0.3) is 0 Å². The lowest BCUT2D eigenvalue weighted by Gasteiger charge is -2.29. The Bertz CT molecular complexity index is 301. The fourth-order valence-electron chi connectivity index (χ4n) is 1.45. The van der Waals surface area contributed by atoms with Gasteiger partial charge >= 0.3 is 12.0 Å². The summed E-state index contributed by atoms with van der Waals surface area (Å²) in [6.07, 6.45) is 1.37. The van der Waals surface area contributed by atoms with Crippen LogP contribution in [0, 0.1) is 17.3 Å². The van der Waals surface area contributed by atoms with Crippen molar-refractivity contribution >= 4 is 12.0 Å². The van der Waals surface area contributed by atoms with Crippen LogP contribution in [0.1, 0.15) is 47.5 Å². The molecule has 0 aromatic rings. The number of carboxylic acids is 1. The molecule has 3 N–H and O–H groups in total. The number of aliphatic carboxylic acids is 1. The van der Waals surface area contributed by atoms with E-state index >= 15 is 0 Å².